The molecule has 0 saturated heterocycles. The maximum atomic E-state index is 5.76. The maximum Gasteiger partial charge on any atom is 0.223 e. The number of rotatable bonds is 5. The first kappa shape index (κ1) is 15.4. The van der Waals surface area contributed by atoms with Gasteiger partial charge in [0.25, 0.3) is 0 Å². The van der Waals surface area contributed by atoms with E-state index in [-0.39, 0.29) is 11.9 Å². The van der Waals surface area contributed by atoms with E-state index in [0.717, 1.165) is 12.1 Å². The third kappa shape index (κ3) is 4.23. The largest absolute Gasteiger partial charge is 0.487 e. The summed E-state index contributed by atoms with van der Waals surface area (Å²) < 4.78 is 7.59. The first-order valence-electron chi connectivity index (χ1n) is 6.75. The summed E-state index contributed by atoms with van der Waals surface area (Å²) in [4.78, 5) is 7.81. The summed E-state index contributed by atoms with van der Waals surface area (Å²) in [5.41, 5.74) is 17.7. The number of aryl methyl sites for hydroxylation is 1. The second-order valence-electron chi connectivity index (χ2n) is 4.47. The number of hydrogen-bond donors (Lipinski definition) is 3. The fourth-order valence-electron chi connectivity index (χ4n) is 1.77. The van der Waals surface area contributed by atoms with Gasteiger partial charge in [-0.25, -0.2) is 4.99 Å². The number of benzene rings is 1. The molecule has 0 atom stereocenters. The Bertz CT molecular complexity index is 686. The molecule has 0 aliphatic rings. The van der Waals surface area contributed by atoms with E-state index in [9.17, 15) is 0 Å². The van der Waals surface area contributed by atoms with E-state index in [1.54, 1.807) is 18.3 Å². The standard InChI is InChI=1S/C14H19N7O/c1-2-21-8-10(7-18-21)9-22-12-6-4-3-5-11(12)19-14(17)20-13(15)16/h3-8H,2,9H2,1H3,(H6,15,16,17,19,20). The monoisotopic (exact) mass is 301 g/mol. The summed E-state index contributed by atoms with van der Waals surface area (Å²) in [5, 5.41) is 4.19. The van der Waals surface area contributed by atoms with E-state index >= 15 is 0 Å². The number of aromatic nitrogens is 2. The second-order valence-corrected chi connectivity index (χ2v) is 4.47. The number of hydrogen-bond acceptors (Lipinski definition) is 3. The number of aliphatic imine (C=N–C) groups is 2. The van der Waals surface area contributed by atoms with E-state index < -0.39 is 0 Å². The van der Waals surface area contributed by atoms with Gasteiger partial charge in [-0.15, -0.1) is 0 Å². The van der Waals surface area contributed by atoms with Gasteiger partial charge in [0.05, 0.1) is 6.20 Å². The Labute approximate surface area is 128 Å². The van der Waals surface area contributed by atoms with Gasteiger partial charge in [-0.3, -0.25) is 4.68 Å². The normalized spacial score (nSPS) is 11.2. The predicted octanol–water partition coefficient (Wildman–Crippen LogP) is 0.702. The summed E-state index contributed by atoms with van der Waals surface area (Å²) in [5.74, 6) is 0.405. The lowest BCUT2D eigenvalue weighted by atomic mass is 10.3. The number of nitrogens with two attached hydrogens (primary N) is 3. The first-order valence-corrected chi connectivity index (χ1v) is 6.75. The van der Waals surface area contributed by atoms with E-state index in [0.29, 0.717) is 18.0 Å². The molecule has 8 nitrogen and oxygen atoms in total. The van der Waals surface area contributed by atoms with Crippen LogP contribution in [0, 0.1) is 0 Å². The van der Waals surface area contributed by atoms with Crippen LogP contribution >= 0.6 is 0 Å². The average Bonchev–Trinajstić information content (AvgIpc) is 2.93. The highest BCUT2D eigenvalue weighted by Gasteiger charge is 2.04. The zero-order valence-electron chi connectivity index (χ0n) is 12.3. The van der Waals surface area contributed by atoms with Crippen molar-refractivity contribution in [1.29, 1.82) is 0 Å². The molecule has 0 spiro atoms. The van der Waals surface area contributed by atoms with Crippen LogP contribution in [0.5, 0.6) is 5.75 Å². The highest BCUT2D eigenvalue weighted by atomic mass is 16.5. The van der Waals surface area contributed by atoms with E-state index in [1.165, 1.54) is 0 Å². The van der Waals surface area contributed by atoms with Crippen LogP contribution in [-0.4, -0.2) is 21.7 Å². The molecule has 8 heteroatoms. The van der Waals surface area contributed by atoms with Crippen LogP contribution in [0.25, 0.3) is 0 Å². The Balaban J connectivity index is 2.13. The molecule has 0 unspecified atom stereocenters. The fraction of sp³-hybridized carbons (Fsp3) is 0.214. The van der Waals surface area contributed by atoms with Crippen LogP contribution in [0.15, 0.2) is 46.6 Å². The third-order valence-corrected chi connectivity index (χ3v) is 2.75. The molecule has 1 aromatic heterocycles. The number of ether oxygens (including phenoxy) is 1. The molecule has 1 heterocycles. The molecule has 116 valence electrons. The summed E-state index contributed by atoms with van der Waals surface area (Å²) in [7, 11) is 0. The topological polar surface area (TPSA) is 130 Å². The Morgan fingerprint density at radius 2 is 2.05 bits per heavy atom. The molecule has 0 fully saturated rings. The molecular formula is C14H19N7O. The lowest BCUT2D eigenvalue weighted by Gasteiger charge is -2.07. The van der Waals surface area contributed by atoms with Gasteiger partial charge in [0.2, 0.25) is 5.96 Å². The summed E-state index contributed by atoms with van der Waals surface area (Å²) >= 11 is 0. The molecule has 22 heavy (non-hydrogen) atoms. The average molecular weight is 301 g/mol. The van der Waals surface area contributed by atoms with Crippen LogP contribution in [0.1, 0.15) is 12.5 Å². The maximum absolute atomic E-state index is 5.76. The van der Waals surface area contributed by atoms with E-state index in [2.05, 4.69) is 15.1 Å². The highest BCUT2D eigenvalue weighted by Crippen LogP contribution is 2.27. The molecule has 2 rings (SSSR count). The van der Waals surface area contributed by atoms with Crippen molar-refractivity contribution in [3.63, 3.8) is 0 Å². The molecule has 0 radical (unpaired) electrons. The van der Waals surface area contributed by atoms with Gasteiger partial charge in [-0.1, -0.05) is 12.1 Å². The number of guanidine groups is 2. The van der Waals surface area contributed by atoms with Crippen molar-refractivity contribution < 1.29 is 4.74 Å². The summed E-state index contributed by atoms with van der Waals surface area (Å²) in [6, 6.07) is 7.23. The molecular weight excluding hydrogens is 282 g/mol. The van der Waals surface area contributed by atoms with Crippen LogP contribution in [0.4, 0.5) is 5.69 Å². The van der Waals surface area contributed by atoms with Crippen molar-refractivity contribution in [3.8, 4) is 5.75 Å². The zero-order chi connectivity index (χ0) is 15.9. The number of para-hydroxylation sites is 2. The quantitative estimate of drug-likeness (QED) is 0.553. The molecule has 6 N–H and O–H groups in total. The van der Waals surface area contributed by atoms with Crippen LogP contribution in [0.3, 0.4) is 0 Å². The van der Waals surface area contributed by atoms with Gasteiger partial charge < -0.3 is 21.9 Å². The first-order chi connectivity index (χ1) is 10.6. The summed E-state index contributed by atoms with van der Waals surface area (Å²) in [6.45, 7) is 3.22. The Morgan fingerprint density at radius 3 is 2.73 bits per heavy atom. The Morgan fingerprint density at radius 1 is 1.27 bits per heavy atom. The number of nitrogens with zero attached hydrogens (tertiary/aromatic N) is 4. The van der Waals surface area contributed by atoms with E-state index in [4.69, 9.17) is 21.9 Å². The fourth-order valence-corrected chi connectivity index (χ4v) is 1.77. The van der Waals surface area contributed by atoms with Crippen LogP contribution < -0.4 is 21.9 Å². The lowest BCUT2D eigenvalue weighted by Crippen LogP contribution is -2.26. The minimum atomic E-state index is -0.147. The van der Waals surface area contributed by atoms with Gasteiger partial charge in [0.1, 0.15) is 18.0 Å². The molecule has 1 aromatic carbocycles. The smallest absolute Gasteiger partial charge is 0.223 e. The lowest BCUT2D eigenvalue weighted by molar-refractivity contribution is 0.307. The van der Waals surface area contributed by atoms with Crippen LogP contribution in [0.2, 0.25) is 0 Å². The molecule has 0 saturated carbocycles. The molecule has 2 aromatic rings. The Hall–Kier alpha value is -3.03. The third-order valence-electron chi connectivity index (χ3n) is 2.75. The highest BCUT2D eigenvalue weighted by molar-refractivity contribution is 5.93. The van der Waals surface area contributed by atoms with Crippen molar-refractivity contribution in [2.45, 2.75) is 20.1 Å². The van der Waals surface area contributed by atoms with E-state index in [1.807, 2.05) is 29.9 Å². The van der Waals surface area contributed by atoms with Crippen molar-refractivity contribution in [2.24, 2.45) is 27.2 Å². The van der Waals surface area contributed by atoms with Crippen molar-refractivity contribution in [1.82, 2.24) is 9.78 Å². The molecule has 0 amide bonds. The second kappa shape index (κ2) is 7.11. The van der Waals surface area contributed by atoms with Gasteiger partial charge in [0.15, 0.2) is 5.96 Å². The van der Waals surface area contributed by atoms with Gasteiger partial charge >= 0.3 is 0 Å². The molecule has 0 aliphatic heterocycles. The predicted molar refractivity (Wildman–Crippen MR) is 85.8 cm³/mol. The minimum Gasteiger partial charge on any atom is -0.487 e. The molecule has 0 aliphatic carbocycles. The van der Waals surface area contributed by atoms with Crippen molar-refractivity contribution in [3.05, 3.63) is 42.2 Å². The van der Waals surface area contributed by atoms with Gasteiger partial charge in [0, 0.05) is 18.3 Å². The minimum absolute atomic E-state index is 0.0325. The van der Waals surface area contributed by atoms with Gasteiger partial charge in [-0.2, -0.15) is 10.1 Å². The van der Waals surface area contributed by atoms with Gasteiger partial charge in [-0.05, 0) is 19.1 Å². The Kier molecular flexibility index (Phi) is 4.97. The van der Waals surface area contributed by atoms with Crippen molar-refractivity contribution >= 4 is 17.6 Å². The molecule has 0 bridgehead atoms. The summed E-state index contributed by atoms with van der Waals surface area (Å²) in [6.07, 6.45) is 3.70. The van der Waals surface area contributed by atoms with Crippen molar-refractivity contribution in [2.75, 3.05) is 0 Å². The SMILES string of the molecule is CCn1cc(COc2ccccc2N=C(N)N=C(N)N)cn1. The van der Waals surface area contributed by atoms with Crippen LogP contribution in [-0.2, 0) is 13.2 Å². The zero-order valence-corrected chi connectivity index (χ0v) is 12.3.